The van der Waals surface area contributed by atoms with Crippen LogP contribution in [0.5, 0.6) is 0 Å². The van der Waals surface area contributed by atoms with Gasteiger partial charge in [-0.15, -0.1) is 0 Å². The van der Waals surface area contributed by atoms with E-state index in [4.69, 9.17) is 33.2 Å². The van der Waals surface area contributed by atoms with E-state index in [1.54, 1.807) is 26.4 Å². The van der Waals surface area contributed by atoms with Crippen molar-refractivity contribution in [1.82, 2.24) is 0 Å². The SMILES string of the molecule is CCCCCOC(=CC(OC)OC(C=C(OCCCCC)OCCCCC)OC)OCCCCC. The molecule has 0 amide bonds. The zero-order chi connectivity index (χ0) is 26.0. The van der Waals surface area contributed by atoms with Crippen molar-refractivity contribution in [3.63, 3.8) is 0 Å². The van der Waals surface area contributed by atoms with Gasteiger partial charge in [0.15, 0.2) is 12.6 Å². The summed E-state index contributed by atoms with van der Waals surface area (Å²) in [5, 5.41) is 0. The Hall–Kier alpha value is -1.44. The zero-order valence-corrected chi connectivity index (χ0v) is 23.5. The molecule has 0 aromatic carbocycles. The van der Waals surface area contributed by atoms with E-state index in [0.717, 1.165) is 77.0 Å². The normalized spacial score (nSPS) is 12.5. The highest BCUT2D eigenvalue weighted by molar-refractivity contribution is 4.92. The first-order chi connectivity index (χ1) is 17.1. The van der Waals surface area contributed by atoms with E-state index in [-0.39, 0.29) is 0 Å². The standard InChI is InChI=1S/C28H54O7/c1-7-11-15-19-31-27(32-20-16-12-8-2)23-25(29-5)35-26(30-6)24-28(33-21-17-13-9-3)34-22-18-14-10-4/h23-26H,7-22H2,1-6H3. The molecule has 0 aromatic heterocycles. The molecular formula is C28H54O7. The number of hydrogen-bond donors (Lipinski definition) is 0. The summed E-state index contributed by atoms with van der Waals surface area (Å²) in [6, 6.07) is 0. The molecule has 0 aliphatic rings. The summed E-state index contributed by atoms with van der Waals surface area (Å²) in [7, 11) is 3.15. The Morgan fingerprint density at radius 2 is 0.771 bits per heavy atom. The molecule has 0 radical (unpaired) electrons. The van der Waals surface area contributed by atoms with Crippen LogP contribution in [0, 0.1) is 0 Å². The molecule has 0 rings (SSSR count). The quantitative estimate of drug-likeness (QED) is 0.0691. The van der Waals surface area contributed by atoms with Gasteiger partial charge in [-0.25, -0.2) is 0 Å². The number of ether oxygens (including phenoxy) is 7. The predicted molar refractivity (Wildman–Crippen MR) is 141 cm³/mol. The van der Waals surface area contributed by atoms with Gasteiger partial charge in [0.05, 0.1) is 38.6 Å². The van der Waals surface area contributed by atoms with E-state index in [9.17, 15) is 0 Å². The van der Waals surface area contributed by atoms with Crippen molar-refractivity contribution >= 4 is 0 Å². The van der Waals surface area contributed by atoms with Gasteiger partial charge in [0, 0.05) is 14.2 Å². The molecule has 0 saturated heterocycles. The van der Waals surface area contributed by atoms with E-state index in [0.29, 0.717) is 38.3 Å². The maximum Gasteiger partial charge on any atom is 0.280 e. The van der Waals surface area contributed by atoms with Gasteiger partial charge in [0.25, 0.3) is 11.9 Å². The number of rotatable bonds is 26. The smallest absolute Gasteiger partial charge is 0.280 e. The summed E-state index contributed by atoms with van der Waals surface area (Å²) in [5.74, 6) is 0.851. The van der Waals surface area contributed by atoms with Crippen LogP contribution in [-0.4, -0.2) is 53.2 Å². The van der Waals surface area contributed by atoms with Crippen LogP contribution in [-0.2, 0) is 33.2 Å². The first kappa shape index (κ1) is 33.6. The van der Waals surface area contributed by atoms with Crippen molar-refractivity contribution in [3.05, 3.63) is 24.0 Å². The van der Waals surface area contributed by atoms with Crippen molar-refractivity contribution in [2.75, 3.05) is 40.6 Å². The Labute approximate surface area is 215 Å². The summed E-state index contributed by atoms with van der Waals surface area (Å²) in [6.45, 7) is 11.1. The van der Waals surface area contributed by atoms with Crippen LogP contribution in [0.15, 0.2) is 24.0 Å². The molecule has 208 valence electrons. The van der Waals surface area contributed by atoms with E-state index < -0.39 is 12.6 Å². The van der Waals surface area contributed by atoms with Gasteiger partial charge >= 0.3 is 0 Å². The van der Waals surface area contributed by atoms with Gasteiger partial charge in [-0.2, -0.15) is 0 Å². The van der Waals surface area contributed by atoms with E-state index >= 15 is 0 Å². The lowest BCUT2D eigenvalue weighted by Gasteiger charge is -2.21. The van der Waals surface area contributed by atoms with E-state index in [1.165, 1.54) is 0 Å². The molecule has 7 nitrogen and oxygen atoms in total. The van der Waals surface area contributed by atoms with Crippen molar-refractivity contribution in [2.45, 2.75) is 117 Å². The van der Waals surface area contributed by atoms with Crippen LogP contribution >= 0.6 is 0 Å². The molecular weight excluding hydrogens is 448 g/mol. The average Bonchev–Trinajstić information content (AvgIpc) is 2.87. The van der Waals surface area contributed by atoms with Crippen molar-refractivity contribution in [1.29, 1.82) is 0 Å². The second-order valence-corrected chi connectivity index (χ2v) is 8.54. The maximum absolute atomic E-state index is 6.00. The molecule has 2 unspecified atom stereocenters. The van der Waals surface area contributed by atoms with Gasteiger partial charge in [0.2, 0.25) is 0 Å². The highest BCUT2D eigenvalue weighted by Crippen LogP contribution is 2.14. The lowest BCUT2D eigenvalue weighted by molar-refractivity contribution is -0.193. The van der Waals surface area contributed by atoms with Crippen molar-refractivity contribution in [2.24, 2.45) is 0 Å². The third-order valence-corrected chi connectivity index (χ3v) is 5.25. The molecule has 7 heteroatoms. The van der Waals surface area contributed by atoms with Crippen molar-refractivity contribution in [3.8, 4) is 0 Å². The fourth-order valence-corrected chi connectivity index (χ4v) is 3.06. The van der Waals surface area contributed by atoms with Gasteiger partial charge in [-0.1, -0.05) is 79.1 Å². The Bertz CT molecular complexity index is 436. The summed E-state index contributed by atoms with van der Waals surface area (Å²) >= 11 is 0. The molecule has 0 saturated carbocycles. The Morgan fingerprint density at radius 1 is 0.486 bits per heavy atom. The molecule has 2 atom stereocenters. The van der Waals surface area contributed by atoms with Crippen molar-refractivity contribution < 1.29 is 33.2 Å². The number of hydrogen-bond acceptors (Lipinski definition) is 7. The maximum atomic E-state index is 6.00. The molecule has 0 fully saturated rings. The predicted octanol–water partition coefficient (Wildman–Crippen LogP) is 7.46. The second-order valence-electron chi connectivity index (χ2n) is 8.54. The summed E-state index contributed by atoms with van der Waals surface area (Å²) in [6.07, 6.45) is 14.9. The Kier molecular flexibility index (Phi) is 24.6. The van der Waals surface area contributed by atoms with Gasteiger partial charge in [0.1, 0.15) is 0 Å². The minimum Gasteiger partial charge on any atom is -0.466 e. The molecule has 35 heavy (non-hydrogen) atoms. The van der Waals surface area contributed by atoms with Crippen LogP contribution in [0.2, 0.25) is 0 Å². The first-order valence-electron chi connectivity index (χ1n) is 13.8. The van der Waals surface area contributed by atoms with Gasteiger partial charge in [-0.05, 0) is 25.7 Å². The van der Waals surface area contributed by atoms with E-state index in [1.807, 2.05) is 0 Å². The van der Waals surface area contributed by atoms with Crippen LogP contribution in [0.1, 0.15) is 105 Å². The number of unbranched alkanes of at least 4 members (excludes halogenated alkanes) is 8. The third kappa shape index (κ3) is 20.5. The fourth-order valence-electron chi connectivity index (χ4n) is 3.06. The molecule has 0 spiro atoms. The summed E-state index contributed by atoms with van der Waals surface area (Å²) in [5.41, 5.74) is 0. The van der Waals surface area contributed by atoms with Crippen LogP contribution in [0.3, 0.4) is 0 Å². The largest absolute Gasteiger partial charge is 0.466 e. The zero-order valence-electron chi connectivity index (χ0n) is 23.5. The van der Waals surface area contributed by atoms with Crippen LogP contribution < -0.4 is 0 Å². The number of methoxy groups -OCH3 is 2. The van der Waals surface area contributed by atoms with Gasteiger partial charge < -0.3 is 33.2 Å². The average molecular weight is 503 g/mol. The monoisotopic (exact) mass is 502 g/mol. The minimum atomic E-state index is -0.718. The molecule has 0 aliphatic heterocycles. The minimum absolute atomic E-state index is 0.426. The second kappa shape index (κ2) is 25.6. The highest BCUT2D eigenvalue weighted by atomic mass is 16.8. The molecule has 0 heterocycles. The first-order valence-corrected chi connectivity index (χ1v) is 13.8. The molecule has 0 aromatic rings. The lowest BCUT2D eigenvalue weighted by atomic mass is 10.3. The molecule has 0 bridgehead atoms. The lowest BCUT2D eigenvalue weighted by Crippen LogP contribution is -2.24. The molecule has 0 aliphatic carbocycles. The van der Waals surface area contributed by atoms with Crippen LogP contribution in [0.4, 0.5) is 0 Å². The fraction of sp³-hybridized carbons (Fsp3) is 0.857. The van der Waals surface area contributed by atoms with Gasteiger partial charge in [-0.3, -0.25) is 0 Å². The van der Waals surface area contributed by atoms with Crippen LogP contribution in [0.25, 0.3) is 0 Å². The summed E-state index contributed by atoms with van der Waals surface area (Å²) < 4.78 is 40.6. The summed E-state index contributed by atoms with van der Waals surface area (Å²) in [4.78, 5) is 0. The third-order valence-electron chi connectivity index (χ3n) is 5.25. The molecule has 0 N–H and O–H groups in total. The topological polar surface area (TPSA) is 64.6 Å². The Morgan fingerprint density at radius 3 is 1.00 bits per heavy atom. The highest BCUT2D eigenvalue weighted by Gasteiger charge is 2.17. The Balaban J connectivity index is 5.21. The van der Waals surface area contributed by atoms with E-state index in [2.05, 4.69) is 27.7 Å².